The van der Waals surface area contributed by atoms with Crippen molar-refractivity contribution in [3.8, 4) is 11.8 Å². The minimum Gasteiger partial charge on any atom is -0.271 e. The number of hydrogen-bond acceptors (Lipinski definition) is 3. The van der Waals surface area contributed by atoms with Crippen LogP contribution in [0.3, 0.4) is 0 Å². The summed E-state index contributed by atoms with van der Waals surface area (Å²) in [6.45, 7) is 3.06. The van der Waals surface area contributed by atoms with Gasteiger partial charge in [-0.25, -0.2) is 0 Å². The molecule has 1 aliphatic heterocycles. The SMILES string of the molecule is CCC#CCSC1=NCCS1. The predicted molar refractivity (Wildman–Crippen MR) is 55.3 cm³/mol. The molecular formula is C8H11NS2. The van der Waals surface area contributed by atoms with Crippen LogP contribution in [-0.4, -0.2) is 22.4 Å². The second-order valence-electron chi connectivity index (χ2n) is 1.99. The van der Waals surface area contributed by atoms with Crippen LogP contribution in [0.1, 0.15) is 13.3 Å². The van der Waals surface area contributed by atoms with Crippen molar-refractivity contribution in [2.24, 2.45) is 4.99 Å². The third kappa shape index (κ3) is 3.74. The molecule has 1 aliphatic rings. The first kappa shape index (κ1) is 9.02. The fraction of sp³-hybridized carbons (Fsp3) is 0.625. The third-order valence-corrected chi connectivity index (χ3v) is 3.26. The highest BCUT2D eigenvalue weighted by molar-refractivity contribution is 8.39. The first-order valence-corrected chi connectivity index (χ1v) is 5.66. The highest BCUT2D eigenvalue weighted by Gasteiger charge is 2.05. The van der Waals surface area contributed by atoms with Gasteiger partial charge in [0.2, 0.25) is 0 Å². The van der Waals surface area contributed by atoms with Gasteiger partial charge in [0.25, 0.3) is 0 Å². The van der Waals surface area contributed by atoms with Crippen molar-refractivity contribution in [1.82, 2.24) is 0 Å². The molecule has 0 aliphatic carbocycles. The highest BCUT2D eigenvalue weighted by atomic mass is 32.2. The number of aliphatic imine (C=N–C) groups is 1. The van der Waals surface area contributed by atoms with Crippen molar-refractivity contribution in [3.63, 3.8) is 0 Å². The molecule has 3 heteroatoms. The summed E-state index contributed by atoms with van der Waals surface area (Å²) in [6.07, 6.45) is 0.959. The maximum absolute atomic E-state index is 4.31. The van der Waals surface area contributed by atoms with Crippen LogP contribution in [-0.2, 0) is 0 Å². The van der Waals surface area contributed by atoms with Gasteiger partial charge in [-0.2, -0.15) is 0 Å². The first-order valence-electron chi connectivity index (χ1n) is 3.69. The molecular weight excluding hydrogens is 174 g/mol. The van der Waals surface area contributed by atoms with E-state index in [0.29, 0.717) is 0 Å². The number of hydrogen-bond donors (Lipinski definition) is 0. The predicted octanol–water partition coefficient (Wildman–Crippen LogP) is 2.24. The normalized spacial score (nSPS) is 15.5. The Morgan fingerprint density at radius 2 is 2.55 bits per heavy atom. The van der Waals surface area contributed by atoms with Crippen LogP contribution in [0.4, 0.5) is 0 Å². The Morgan fingerprint density at radius 1 is 1.64 bits per heavy atom. The molecule has 0 atom stereocenters. The Kier molecular flexibility index (Phi) is 4.56. The van der Waals surface area contributed by atoms with Crippen LogP contribution in [0.5, 0.6) is 0 Å². The average molecular weight is 185 g/mol. The van der Waals surface area contributed by atoms with Gasteiger partial charge < -0.3 is 0 Å². The lowest BCUT2D eigenvalue weighted by Crippen LogP contribution is -1.80. The Balaban J connectivity index is 2.11. The standard InChI is InChI=1S/C8H11NS2/c1-2-3-4-6-10-8-9-5-7-11-8/h2,5-7H2,1H3. The van der Waals surface area contributed by atoms with Crippen molar-refractivity contribution in [3.05, 3.63) is 0 Å². The van der Waals surface area contributed by atoms with Gasteiger partial charge in [-0.3, -0.25) is 4.99 Å². The second kappa shape index (κ2) is 5.56. The van der Waals surface area contributed by atoms with Crippen molar-refractivity contribution < 1.29 is 0 Å². The minimum atomic E-state index is 0.902. The molecule has 0 aromatic carbocycles. The van der Waals surface area contributed by atoms with Crippen molar-refractivity contribution in [2.45, 2.75) is 13.3 Å². The van der Waals surface area contributed by atoms with E-state index in [1.54, 1.807) is 11.8 Å². The second-order valence-corrected chi connectivity index (χ2v) is 4.30. The summed E-state index contributed by atoms with van der Waals surface area (Å²) < 4.78 is 1.22. The van der Waals surface area contributed by atoms with Gasteiger partial charge in [0.15, 0.2) is 0 Å². The highest BCUT2D eigenvalue weighted by Crippen LogP contribution is 2.21. The van der Waals surface area contributed by atoms with E-state index in [4.69, 9.17) is 0 Å². The molecule has 11 heavy (non-hydrogen) atoms. The smallest absolute Gasteiger partial charge is 0.125 e. The van der Waals surface area contributed by atoms with Gasteiger partial charge >= 0.3 is 0 Å². The Hall–Kier alpha value is -0.0700. The Labute approximate surface area is 76.4 Å². The maximum atomic E-state index is 4.31. The zero-order chi connectivity index (χ0) is 7.94. The summed E-state index contributed by atoms with van der Waals surface area (Å²) in [5.74, 6) is 8.18. The Bertz CT molecular complexity index is 200. The van der Waals surface area contributed by atoms with Crippen LogP contribution in [0, 0.1) is 11.8 Å². The van der Waals surface area contributed by atoms with Crippen LogP contribution in [0.25, 0.3) is 0 Å². The largest absolute Gasteiger partial charge is 0.271 e. The topological polar surface area (TPSA) is 12.4 Å². The number of rotatable bonds is 1. The molecule has 1 nitrogen and oxygen atoms in total. The molecule has 0 radical (unpaired) electrons. The van der Waals surface area contributed by atoms with Gasteiger partial charge in [-0.05, 0) is 0 Å². The lowest BCUT2D eigenvalue weighted by atomic mass is 10.5. The van der Waals surface area contributed by atoms with Gasteiger partial charge in [0.05, 0.1) is 12.3 Å². The quantitative estimate of drug-likeness (QED) is 0.581. The van der Waals surface area contributed by atoms with E-state index in [9.17, 15) is 0 Å². The molecule has 1 heterocycles. The molecule has 0 N–H and O–H groups in total. The number of thioether (sulfide) groups is 2. The molecule has 0 spiro atoms. The summed E-state index contributed by atoms with van der Waals surface area (Å²) in [7, 11) is 0. The van der Waals surface area contributed by atoms with Crippen molar-refractivity contribution in [2.75, 3.05) is 18.1 Å². The molecule has 0 aromatic rings. The summed E-state index contributed by atoms with van der Waals surface area (Å²) in [6, 6.07) is 0. The van der Waals surface area contributed by atoms with Gasteiger partial charge in [-0.15, -0.1) is 5.92 Å². The molecule has 0 amide bonds. The van der Waals surface area contributed by atoms with Gasteiger partial charge in [0.1, 0.15) is 4.38 Å². The minimum absolute atomic E-state index is 0.902. The zero-order valence-corrected chi connectivity index (χ0v) is 8.23. The summed E-state index contributed by atoms with van der Waals surface area (Å²) in [4.78, 5) is 4.31. The molecule has 0 saturated carbocycles. The summed E-state index contributed by atoms with van der Waals surface area (Å²) in [5.41, 5.74) is 0. The lowest BCUT2D eigenvalue weighted by molar-refractivity contribution is 1.18. The summed E-state index contributed by atoms with van der Waals surface area (Å²) >= 11 is 3.61. The van der Waals surface area contributed by atoms with Crippen LogP contribution >= 0.6 is 23.5 Å². The molecule has 0 bridgehead atoms. The van der Waals surface area contributed by atoms with E-state index in [2.05, 4.69) is 23.8 Å². The number of nitrogens with zero attached hydrogens (tertiary/aromatic N) is 1. The fourth-order valence-corrected chi connectivity index (χ4v) is 2.46. The van der Waals surface area contributed by atoms with Crippen molar-refractivity contribution in [1.29, 1.82) is 0 Å². The van der Waals surface area contributed by atoms with E-state index in [-0.39, 0.29) is 0 Å². The van der Waals surface area contributed by atoms with E-state index in [1.165, 1.54) is 4.38 Å². The van der Waals surface area contributed by atoms with E-state index in [1.807, 2.05) is 11.8 Å². The van der Waals surface area contributed by atoms with Crippen LogP contribution in [0.2, 0.25) is 0 Å². The summed E-state index contributed by atoms with van der Waals surface area (Å²) in [5, 5.41) is 0. The zero-order valence-electron chi connectivity index (χ0n) is 6.59. The maximum Gasteiger partial charge on any atom is 0.125 e. The molecule has 0 aromatic heterocycles. The third-order valence-electron chi connectivity index (χ3n) is 1.13. The molecule has 0 fully saturated rings. The monoisotopic (exact) mass is 185 g/mol. The van der Waals surface area contributed by atoms with Crippen LogP contribution in [0.15, 0.2) is 4.99 Å². The van der Waals surface area contributed by atoms with Gasteiger partial charge in [0, 0.05) is 12.2 Å². The van der Waals surface area contributed by atoms with Crippen LogP contribution < -0.4 is 0 Å². The molecule has 60 valence electrons. The molecule has 0 saturated heterocycles. The first-order chi connectivity index (χ1) is 5.43. The van der Waals surface area contributed by atoms with E-state index >= 15 is 0 Å². The fourth-order valence-electron chi connectivity index (χ4n) is 0.677. The lowest BCUT2D eigenvalue weighted by Gasteiger charge is -1.91. The Morgan fingerprint density at radius 3 is 3.18 bits per heavy atom. The molecule has 0 unspecified atom stereocenters. The van der Waals surface area contributed by atoms with E-state index in [0.717, 1.165) is 24.5 Å². The van der Waals surface area contributed by atoms with E-state index < -0.39 is 0 Å². The van der Waals surface area contributed by atoms with Gasteiger partial charge in [-0.1, -0.05) is 36.4 Å². The average Bonchev–Trinajstić information content (AvgIpc) is 2.50. The van der Waals surface area contributed by atoms with Crippen molar-refractivity contribution >= 4 is 27.9 Å². The molecule has 1 rings (SSSR count).